The Morgan fingerprint density at radius 3 is 2.64 bits per heavy atom. The van der Waals surface area contributed by atoms with E-state index in [4.69, 9.17) is 0 Å². The van der Waals surface area contributed by atoms with Crippen molar-refractivity contribution in [2.24, 2.45) is 0 Å². The fourth-order valence-corrected chi connectivity index (χ4v) is 4.12. The Morgan fingerprint density at radius 1 is 1.14 bits per heavy atom. The third-order valence-corrected chi connectivity index (χ3v) is 5.66. The topological polar surface area (TPSA) is 92.2 Å². The molecule has 1 unspecified atom stereocenters. The number of piperidine rings is 1. The monoisotopic (exact) mass is 382 g/mol. The van der Waals surface area contributed by atoms with Gasteiger partial charge in [-0.2, -0.15) is 0 Å². The summed E-state index contributed by atoms with van der Waals surface area (Å²) in [6.45, 7) is 4.69. The van der Waals surface area contributed by atoms with Crippen LogP contribution in [0.5, 0.6) is 0 Å². The number of nitrogens with one attached hydrogen (secondary N) is 2. The van der Waals surface area contributed by atoms with Gasteiger partial charge in [-0.3, -0.25) is 9.59 Å². The first-order chi connectivity index (χ1) is 13.6. The van der Waals surface area contributed by atoms with Crippen molar-refractivity contribution in [3.05, 3.63) is 47.3 Å². The van der Waals surface area contributed by atoms with Gasteiger partial charge in [-0.05, 0) is 38.4 Å². The van der Waals surface area contributed by atoms with Gasteiger partial charge in [0.2, 0.25) is 5.91 Å². The van der Waals surface area contributed by atoms with Gasteiger partial charge in [0.05, 0.1) is 24.2 Å². The number of rotatable bonds is 3. The third kappa shape index (κ3) is 3.64. The van der Waals surface area contributed by atoms with Crippen molar-refractivity contribution in [1.82, 2.24) is 30.5 Å². The standard InChI is InChI=1S/C20H26N6O2/c1-14-19(23-24-26(14)16-7-9-21-10-8-16)20(28)25-12-11-22-18(27)13-17(25)15-5-3-2-4-6-15/h2-6,16-17,21H,7-13H2,1H3,(H,22,27). The largest absolute Gasteiger partial charge is 0.354 e. The molecule has 2 aliphatic rings. The van der Waals surface area contributed by atoms with Gasteiger partial charge in [0.15, 0.2) is 5.69 Å². The van der Waals surface area contributed by atoms with E-state index in [0.717, 1.165) is 37.2 Å². The Hall–Kier alpha value is -2.74. The van der Waals surface area contributed by atoms with Crippen LogP contribution < -0.4 is 10.6 Å². The minimum absolute atomic E-state index is 0.0424. The molecule has 0 saturated carbocycles. The Morgan fingerprint density at radius 2 is 1.89 bits per heavy atom. The van der Waals surface area contributed by atoms with Crippen molar-refractivity contribution in [1.29, 1.82) is 0 Å². The van der Waals surface area contributed by atoms with E-state index in [0.29, 0.717) is 18.8 Å². The van der Waals surface area contributed by atoms with Gasteiger partial charge in [0.1, 0.15) is 0 Å². The summed E-state index contributed by atoms with van der Waals surface area (Å²) in [4.78, 5) is 27.3. The molecule has 2 saturated heterocycles. The normalized spacial score (nSPS) is 21.2. The fourth-order valence-electron chi connectivity index (χ4n) is 4.12. The average molecular weight is 382 g/mol. The fraction of sp³-hybridized carbons (Fsp3) is 0.500. The Bertz CT molecular complexity index is 844. The molecule has 2 fully saturated rings. The minimum atomic E-state index is -0.306. The van der Waals surface area contributed by atoms with Crippen LogP contribution in [0, 0.1) is 6.92 Å². The molecule has 148 valence electrons. The lowest BCUT2D eigenvalue weighted by molar-refractivity contribution is -0.121. The molecule has 2 aromatic rings. The maximum atomic E-state index is 13.4. The van der Waals surface area contributed by atoms with Crippen LogP contribution in [-0.2, 0) is 4.79 Å². The van der Waals surface area contributed by atoms with Gasteiger partial charge in [-0.1, -0.05) is 35.5 Å². The zero-order valence-electron chi connectivity index (χ0n) is 16.1. The van der Waals surface area contributed by atoms with Crippen molar-refractivity contribution >= 4 is 11.8 Å². The van der Waals surface area contributed by atoms with Crippen molar-refractivity contribution in [2.45, 2.75) is 38.3 Å². The second kappa shape index (κ2) is 8.10. The lowest BCUT2D eigenvalue weighted by Crippen LogP contribution is -2.37. The highest BCUT2D eigenvalue weighted by molar-refractivity contribution is 5.94. The van der Waals surface area contributed by atoms with Gasteiger partial charge >= 0.3 is 0 Å². The molecule has 1 atom stereocenters. The summed E-state index contributed by atoms with van der Waals surface area (Å²) < 4.78 is 1.90. The summed E-state index contributed by atoms with van der Waals surface area (Å²) in [5.41, 5.74) is 2.14. The molecule has 4 rings (SSSR count). The quantitative estimate of drug-likeness (QED) is 0.833. The summed E-state index contributed by atoms with van der Waals surface area (Å²) >= 11 is 0. The Kier molecular flexibility index (Phi) is 5.38. The van der Waals surface area contributed by atoms with Crippen LogP contribution in [0.3, 0.4) is 0 Å². The maximum Gasteiger partial charge on any atom is 0.276 e. The van der Waals surface area contributed by atoms with E-state index in [-0.39, 0.29) is 30.3 Å². The predicted molar refractivity (Wildman–Crippen MR) is 104 cm³/mol. The molecule has 0 spiro atoms. The number of amides is 2. The van der Waals surface area contributed by atoms with Crippen molar-refractivity contribution in [3.63, 3.8) is 0 Å². The van der Waals surface area contributed by atoms with E-state index in [2.05, 4.69) is 20.9 Å². The molecule has 1 aromatic carbocycles. The lowest BCUT2D eigenvalue weighted by atomic mass is 10.0. The summed E-state index contributed by atoms with van der Waals surface area (Å²) in [5.74, 6) is -0.206. The van der Waals surface area contributed by atoms with Crippen LogP contribution in [0.4, 0.5) is 0 Å². The molecule has 0 aliphatic carbocycles. The van der Waals surface area contributed by atoms with E-state index in [1.54, 1.807) is 4.90 Å². The molecule has 0 bridgehead atoms. The molecule has 0 radical (unpaired) electrons. The predicted octanol–water partition coefficient (Wildman–Crippen LogP) is 1.21. The smallest absolute Gasteiger partial charge is 0.276 e. The second-order valence-corrected chi connectivity index (χ2v) is 7.43. The Labute approximate surface area is 164 Å². The summed E-state index contributed by atoms with van der Waals surface area (Å²) in [7, 11) is 0. The van der Waals surface area contributed by atoms with Gasteiger partial charge in [-0.15, -0.1) is 5.10 Å². The molecule has 2 N–H and O–H groups in total. The van der Waals surface area contributed by atoms with Crippen LogP contribution in [0.2, 0.25) is 0 Å². The van der Waals surface area contributed by atoms with Gasteiger partial charge in [-0.25, -0.2) is 4.68 Å². The highest BCUT2D eigenvalue weighted by Gasteiger charge is 2.33. The third-order valence-electron chi connectivity index (χ3n) is 5.66. The number of hydrogen-bond acceptors (Lipinski definition) is 5. The zero-order chi connectivity index (χ0) is 19.5. The van der Waals surface area contributed by atoms with Gasteiger partial charge < -0.3 is 15.5 Å². The Balaban J connectivity index is 1.63. The van der Waals surface area contributed by atoms with Crippen LogP contribution in [0.15, 0.2) is 30.3 Å². The highest BCUT2D eigenvalue weighted by Crippen LogP contribution is 2.28. The van der Waals surface area contributed by atoms with Crippen LogP contribution in [-0.4, -0.2) is 57.9 Å². The van der Waals surface area contributed by atoms with Crippen molar-refractivity contribution < 1.29 is 9.59 Å². The number of hydrogen-bond donors (Lipinski definition) is 2. The number of aromatic nitrogens is 3. The first kappa shape index (κ1) is 18.6. The van der Waals surface area contributed by atoms with E-state index >= 15 is 0 Å². The molecule has 3 heterocycles. The first-order valence-electron chi connectivity index (χ1n) is 9.90. The molecule has 28 heavy (non-hydrogen) atoms. The molecule has 2 amide bonds. The molecular formula is C20H26N6O2. The van der Waals surface area contributed by atoms with Gasteiger partial charge in [0, 0.05) is 13.1 Å². The number of carbonyl (C=O) groups excluding carboxylic acids is 2. The van der Waals surface area contributed by atoms with E-state index in [9.17, 15) is 9.59 Å². The molecular weight excluding hydrogens is 356 g/mol. The summed E-state index contributed by atoms with van der Waals surface area (Å²) in [6, 6.07) is 9.68. The summed E-state index contributed by atoms with van der Waals surface area (Å²) in [5, 5.41) is 14.8. The van der Waals surface area contributed by atoms with E-state index in [1.807, 2.05) is 41.9 Å². The average Bonchev–Trinajstić information content (AvgIpc) is 3.00. The minimum Gasteiger partial charge on any atom is -0.354 e. The van der Waals surface area contributed by atoms with Crippen LogP contribution in [0.1, 0.15) is 53.1 Å². The highest BCUT2D eigenvalue weighted by atomic mass is 16.2. The molecule has 8 nitrogen and oxygen atoms in total. The van der Waals surface area contributed by atoms with Gasteiger partial charge in [0.25, 0.3) is 5.91 Å². The molecule has 1 aromatic heterocycles. The van der Waals surface area contributed by atoms with E-state index in [1.165, 1.54) is 0 Å². The van der Waals surface area contributed by atoms with Crippen LogP contribution >= 0.6 is 0 Å². The first-order valence-corrected chi connectivity index (χ1v) is 9.90. The lowest BCUT2D eigenvalue weighted by Gasteiger charge is -2.29. The number of carbonyl (C=O) groups is 2. The zero-order valence-corrected chi connectivity index (χ0v) is 16.1. The van der Waals surface area contributed by atoms with Crippen LogP contribution in [0.25, 0.3) is 0 Å². The SMILES string of the molecule is Cc1c(C(=O)N2CCNC(=O)CC2c2ccccc2)nnn1C1CCNCC1. The van der Waals surface area contributed by atoms with Crippen molar-refractivity contribution in [2.75, 3.05) is 26.2 Å². The maximum absolute atomic E-state index is 13.4. The second-order valence-electron chi connectivity index (χ2n) is 7.43. The summed E-state index contributed by atoms with van der Waals surface area (Å²) in [6.07, 6.45) is 2.20. The number of benzene rings is 1. The number of nitrogens with zero attached hydrogens (tertiary/aromatic N) is 4. The van der Waals surface area contributed by atoms with Crippen molar-refractivity contribution in [3.8, 4) is 0 Å². The molecule has 2 aliphatic heterocycles. The molecule has 8 heteroatoms. The van der Waals surface area contributed by atoms with E-state index < -0.39 is 0 Å².